The van der Waals surface area contributed by atoms with Gasteiger partial charge in [0.2, 0.25) is 0 Å². The van der Waals surface area contributed by atoms with Crippen molar-refractivity contribution in [1.29, 1.82) is 0 Å². The van der Waals surface area contributed by atoms with Gasteiger partial charge in [-0.25, -0.2) is 9.59 Å². The average molecular weight is 292 g/mol. The lowest BCUT2D eigenvalue weighted by atomic mass is 9.95. The molecule has 6 heteroatoms. The Morgan fingerprint density at radius 3 is 2.67 bits per heavy atom. The molecule has 0 radical (unpaired) electrons. The van der Waals surface area contributed by atoms with Crippen LogP contribution in [0.15, 0.2) is 18.2 Å². The number of benzene rings is 1. The lowest BCUT2D eigenvalue weighted by Gasteiger charge is -2.19. The van der Waals surface area contributed by atoms with E-state index in [0.717, 1.165) is 6.42 Å². The molecular formula is C15H20N2O4. The van der Waals surface area contributed by atoms with Crippen LogP contribution in [-0.2, 0) is 0 Å². The summed E-state index contributed by atoms with van der Waals surface area (Å²) < 4.78 is 0. The summed E-state index contributed by atoms with van der Waals surface area (Å²) in [5.74, 6) is -0.649. The molecule has 1 heterocycles. The Balaban J connectivity index is 2.07. The number of rotatable bonds is 3. The zero-order valence-corrected chi connectivity index (χ0v) is 12.2. The van der Waals surface area contributed by atoms with Gasteiger partial charge in [0.15, 0.2) is 5.75 Å². The molecule has 1 aromatic carbocycles. The molecule has 1 fully saturated rings. The normalized spacial score (nSPS) is 18.0. The highest BCUT2D eigenvalue weighted by Crippen LogP contribution is 2.29. The fourth-order valence-electron chi connectivity index (χ4n) is 2.53. The maximum absolute atomic E-state index is 12.2. The van der Waals surface area contributed by atoms with Crippen LogP contribution in [0.2, 0.25) is 0 Å². The zero-order valence-electron chi connectivity index (χ0n) is 12.2. The van der Waals surface area contributed by atoms with Crippen LogP contribution < -0.4 is 5.32 Å². The summed E-state index contributed by atoms with van der Waals surface area (Å²) in [4.78, 5) is 24.8. The summed E-state index contributed by atoms with van der Waals surface area (Å²) in [6.45, 7) is 5.62. The minimum Gasteiger partial charge on any atom is -0.505 e. The molecule has 1 aliphatic rings. The van der Waals surface area contributed by atoms with Gasteiger partial charge in [-0.3, -0.25) is 0 Å². The van der Waals surface area contributed by atoms with E-state index in [9.17, 15) is 14.7 Å². The highest BCUT2D eigenvalue weighted by atomic mass is 16.4. The first-order valence-electron chi connectivity index (χ1n) is 7.01. The van der Waals surface area contributed by atoms with Crippen LogP contribution in [0.5, 0.6) is 5.75 Å². The summed E-state index contributed by atoms with van der Waals surface area (Å²) in [6.07, 6.45) is 0.965. The lowest BCUT2D eigenvalue weighted by molar-refractivity contribution is 0.0693. The third-order valence-corrected chi connectivity index (χ3v) is 3.96. The molecule has 3 N–H and O–H groups in total. The van der Waals surface area contributed by atoms with E-state index >= 15 is 0 Å². The summed E-state index contributed by atoms with van der Waals surface area (Å²) in [5, 5.41) is 21.4. The minimum absolute atomic E-state index is 0.118. The molecule has 114 valence electrons. The number of amides is 2. The van der Waals surface area contributed by atoms with Crippen LogP contribution in [0.25, 0.3) is 0 Å². The Morgan fingerprint density at radius 1 is 1.38 bits per heavy atom. The molecule has 2 amide bonds. The molecule has 0 bridgehead atoms. The van der Waals surface area contributed by atoms with Gasteiger partial charge in [0, 0.05) is 13.1 Å². The van der Waals surface area contributed by atoms with Gasteiger partial charge in [-0.2, -0.15) is 0 Å². The standard InChI is InChI=1S/C15H20N2O4/c1-9(2)10-6-7-17(8-10)15(21)16-12-5-3-4-11(13(12)18)14(19)20/h3-5,9-10,18H,6-8H2,1-2H3,(H,16,21)(H,19,20). The first-order chi connectivity index (χ1) is 9.90. The fourth-order valence-corrected chi connectivity index (χ4v) is 2.53. The van der Waals surface area contributed by atoms with Gasteiger partial charge >= 0.3 is 12.0 Å². The molecule has 1 atom stereocenters. The predicted molar refractivity (Wildman–Crippen MR) is 78.6 cm³/mol. The monoisotopic (exact) mass is 292 g/mol. The molecule has 0 aromatic heterocycles. The number of carboxylic acids is 1. The number of nitrogens with one attached hydrogen (secondary N) is 1. The van der Waals surface area contributed by atoms with Crippen molar-refractivity contribution in [3.05, 3.63) is 23.8 Å². The van der Waals surface area contributed by atoms with Crippen LogP contribution in [0.3, 0.4) is 0 Å². The highest BCUT2D eigenvalue weighted by Gasteiger charge is 2.28. The summed E-state index contributed by atoms with van der Waals surface area (Å²) in [5.41, 5.74) is -0.109. The Kier molecular flexibility index (Phi) is 4.35. The first kappa shape index (κ1) is 15.2. The maximum atomic E-state index is 12.2. The number of likely N-dealkylation sites (tertiary alicyclic amines) is 1. The summed E-state index contributed by atoms with van der Waals surface area (Å²) >= 11 is 0. The first-order valence-corrected chi connectivity index (χ1v) is 7.01. The van der Waals surface area contributed by atoms with Gasteiger partial charge < -0.3 is 20.4 Å². The highest BCUT2D eigenvalue weighted by molar-refractivity contribution is 5.97. The van der Waals surface area contributed by atoms with Crippen molar-refractivity contribution < 1.29 is 19.8 Å². The molecular weight excluding hydrogens is 272 g/mol. The number of aromatic hydroxyl groups is 1. The van der Waals surface area contributed by atoms with Gasteiger partial charge in [0.1, 0.15) is 5.56 Å². The second-order valence-electron chi connectivity index (χ2n) is 5.68. The molecule has 6 nitrogen and oxygen atoms in total. The fraction of sp³-hybridized carbons (Fsp3) is 0.467. The predicted octanol–water partition coefficient (Wildman–Crippen LogP) is 2.60. The number of aromatic carboxylic acids is 1. The molecule has 1 saturated heterocycles. The SMILES string of the molecule is CC(C)C1CCN(C(=O)Nc2cccc(C(=O)O)c2O)C1. The third-order valence-electron chi connectivity index (χ3n) is 3.96. The molecule has 1 aromatic rings. The van der Waals surface area contributed by atoms with Crippen molar-refractivity contribution in [3.8, 4) is 5.75 Å². The number of nitrogens with zero attached hydrogens (tertiary/aromatic N) is 1. The van der Waals surface area contributed by atoms with Gasteiger partial charge in [-0.05, 0) is 30.4 Å². The van der Waals surface area contributed by atoms with Crippen molar-refractivity contribution >= 4 is 17.7 Å². The smallest absolute Gasteiger partial charge is 0.339 e. The second-order valence-corrected chi connectivity index (χ2v) is 5.68. The summed E-state index contributed by atoms with van der Waals surface area (Å²) in [7, 11) is 0. The van der Waals surface area contributed by atoms with Crippen LogP contribution in [0.1, 0.15) is 30.6 Å². The molecule has 1 unspecified atom stereocenters. The van der Waals surface area contributed by atoms with Crippen molar-refractivity contribution in [2.24, 2.45) is 11.8 Å². The molecule has 2 rings (SSSR count). The zero-order chi connectivity index (χ0) is 15.6. The largest absolute Gasteiger partial charge is 0.505 e. The Labute approximate surface area is 123 Å². The van der Waals surface area contributed by atoms with E-state index in [-0.39, 0.29) is 17.3 Å². The number of urea groups is 1. The topological polar surface area (TPSA) is 89.9 Å². The van der Waals surface area contributed by atoms with E-state index in [0.29, 0.717) is 24.9 Å². The number of para-hydroxylation sites is 1. The Bertz CT molecular complexity index is 557. The molecule has 0 aliphatic carbocycles. The van der Waals surface area contributed by atoms with E-state index in [1.165, 1.54) is 18.2 Å². The number of hydrogen-bond acceptors (Lipinski definition) is 3. The van der Waals surface area contributed by atoms with Crippen molar-refractivity contribution in [2.75, 3.05) is 18.4 Å². The number of carbonyl (C=O) groups is 2. The van der Waals surface area contributed by atoms with Crippen molar-refractivity contribution in [1.82, 2.24) is 4.90 Å². The second kappa shape index (κ2) is 6.03. The molecule has 0 saturated carbocycles. The maximum Gasteiger partial charge on any atom is 0.339 e. The average Bonchev–Trinajstić information content (AvgIpc) is 2.90. The van der Waals surface area contributed by atoms with E-state index in [4.69, 9.17) is 5.11 Å². The number of hydrogen-bond donors (Lipinski definition) is 3. The van der Waals surface area contributed by atoms with Gasteiger partial charge in [0.25, 0.3) is 0 Å². The van der Waals surface area contributed by atoms with Gasteiger partial charge in [-0.1, -0.05) is 19.9 Å². The van der Waals surface area contributed by atoms with Crippen molar-refractivity contribution in [2.45, 2.75) is 20.3 Å². The van der Waals surface area contributed by atoms with E-state index in [1.54, 1.807) is 4.90 Å². The quantitative estimate of drug-likeness (QED) is 0.747. The summed E-state index contributed by atoms with van der Waals surface area (Å²) in [6, 6.07) is 3.95. The number of anilines is 1. The Hall–Kier alpha value is -2.24. The van der Waals surface area contributed by atoms with E-state index < -0.39 is 11.7 Å². The van der Waals surface area contributed by atoms with Crippen LogP contribution in [-0.4, -0.2) is 40.2 Å². The van der Waals surface area contributed by atoms with Crippen LogP contribution >= 0.6 is 0 Å². The number of carbonyl (C=O) groups excluding carboxylic acids is 1. The van der Waals surface area contributed by atoms with Gasteiger partial charge in [-0.15, -0.1) is 0 Å². The van der Waals surface area contributed by atoms with E-state index in [2.05, 4.69) is 19.2 Å². The molecule has 0 spiro atoms. The van der Waals surface area contributed by atoms with E-state index in [1.807, 2.05) is 0 Å². The molecule has 21 heavy (non-hydrogen) atoms. The van der Waals surface area contributed by atoms with Gasteiger partial charge in [0.05, 0.1) is 5.69 Å². The number of carboxylic acid groups (broad SMARTS) is 1. The Morgan fingerprint density at radius 2 is 2.10 bits per heavy atom. The van der Waals surface area contributed by atoms with Crippen molar-refractivity contribution in [3.63, 3.8) is 0 Å². The van der Waals surface area contributed by atoms with Crippen LogP contribution in [0, 0.1) is 11.8 Å². The lowest BCUT2D eigenvalue weighted by Crippen LogP contribution is -2.33. The van der Waals surface area contributed by atoms with Crippen LogP contribution in [0.4, 0.5) is 10.5 Å². The number of phenols is 1. The minimum atomic E-state index is -1.23. The molecule has 1 aliphatic heterocycles. The third kappa shape index (κ3) is 3.26.